The van der Waals surface area contributed by atoms with E-state index in [1.807, 2.05) is 5.51 Å². The number of piperidine rings is 1. The summed E-state index contributed by atoms with van der Waals surface area (Å²) in [5.74, 6) is 1.75. The molecule has 0 spiro atoms. The van der Waals surface area contributed by atoms with Gasteiger partial charge in [0.2, 0.25) is 6.79 Å². The Labute approximate surface area is 150 Å². The maximum absolute atomic E-state index is 12.4. The molecule has 7 heteroatoms. The number of amides is 1. The van der Waals surface area contributed by atoms with Crippen molar-refractivity contribution in [1.82, 2.24) is 15.2 Å². The summed E-state index contributed by atoms with van der Waals surface area (Å²) in [5, 5.41) is 5.17. The van der Waals surface area contributed by atoms with E-state index in [4.69, 9.17) is 9.47 Å². The number of nitrogens with zero attached hydrogens (tertiary/aromatic N) is 2. The molecule has 0 bridgehead atoms. The molecule has 0 unspecified atom stereocenters. The third-order valence-electron chi connectivity index (χ3n) is 4.66. The van der Waals surface area contributed by atoms with E-state index in [1.165, 1.54) is 0 Å². The second kappa shape index (κ2) is 7.41. The van der Waals surface area contributed by atoms with Crippen LogP contribution in [0.25, 0.3) is 0 Å². The van der Waals surface area contributed by atoms with Gasteiger partial charge < -0.3 is 14.8 Å². The predicted molar refractivity (Wildman–Crippen MR) is 95.0 cm³/mol. The number of ether oxygens (including phenoxy) is 2. The highest BCUT2D eigenvalue weighted by Gasteiger charge is 2.22. The molecule has 1 aromatic heterocycles. The molecule has 0 aliphatic carbocycles. The molecule has 1 N–H and O–H groups in total. The molecule has 1 fully saturated rings. The lowest BCUT2D eigenvalue weighted by atomic mass is 9.97. The summed E-state index contributed by atoms with van der Waals surface area (Å²) in [6.07, 6.45) is 2.31. The summed E-state index contributed by atoms with van der Waals surface area (Å²) < 4.78 is 10.6. The van der Waals surface area contributed by atoms with Crippen molar-refractivity contribution in [2.75, 3.05) is 26.4 Å². The molecule has 2 aliphatic rings. The summed E-state index contributed by atoms with van der Waals surface area (Å²) in [7, 11) is 0. The maximum Gasteiger partial charge on any atom is 0.251 e. The zero-order valence-corrected chi connectivity index (χ0v) is 14.8. The van der Waals surface area contributed by atoms with Gasteiger partial charge in [-0.15, -0.1) is 11.3 Å². The van der Waals surface area contributed by atoms with Crippen molar-refractivity contribution in [3.05, 3.63) is 40.3 Å². The molecule has 1 saturated heterocycles. The Morgan fingerprint density at radius 3 is 3.16 bits per heavy atom. The summed E-state index contributed by atoms with van der Waals surface area (Å²) in [6.45, 7) is 3.91. The van der Waals surface area contributed by atoms with Gasteiger partial charge in [0.15, 0.2) is 11.5 Å². The minimum Gasteiger partial charge on any atom is -0.454 e. The highest BCUT2D eigenvalue weighted by Crippen LogP contribution is 2.32. The number of hydrogen-bond acceptors (Lipinski definition) is 6. The largest absolute Gasteiger partial charge is 0.454 e. The van der Waals surface area contributed by atoms with Gasteiger partial charge in [0, 0.05) is 30.6 Å². The first-order valence-corrected chi connectivity index (χ1v) is 9.49. The second-order valence-corrected chi connectivity index (χ2v) is 7.22. The highest BCUT2D eigenvalue weighted by atomic mass is 32.1. The van der Waals surface area contributed by atoms with Crippen molar-refractivity contribution in [3.8, 4) is 11.5 Å². The normalized spacial score (nSPS) is 19.8. The van der Waals surface area contributed by atoms with Crippen LogP contribution < -0.4 is 14.8 Å². The summed E-state index contributed by atoms with van der Waals surface area (Å²) >= 11 is 1.64. The van der Waals surface area contributed by atoms with Gasteiger partial charge >= 0.3 is 0 Å². The van der Waals surface area contributed by atoms with E-state index in [-0.39, 0.29) is 12.7 Å². The number of benzene rings is 1. The number of nitrogens with one attached hydrogen (secondary N) is 1. The van der Waals surface area contributed by atoms with Crippen LogP contribution in [0.1, 0.15) is 28.9 Å². The molecule has 6 nitrogen and oxygen atoms in total. The number of aromatic nitrogens is 1. The topological polar surface area (TPSA) is 63.7 Å². The average molecular weight is 359 g/mol. The van der Waals surface area contributed by atoms with Gasteiger partial charge in [0.05, 0.1) is 11.2 Å². The number of carbonyl (C=O) groups excluding carboxylic acids is 1. The number of fused-ring (bicyclic) bond motifs is 1. The van der Waals surface area contributed by atoms with Crippen molar-refractivity contribution in [1.29, 1.82) is 0 Å². The quantitative estimate of drug-likeness (QED) is 0.889. The Morgan fingerprint density at radius 1 is 1.36 bits per heavy atom. The fraction of sp³-hybridized carbons (Fsp3) is 0.444. The summed E-state index contributed by atoms with van der Waals surface area (Å²) in [6, 6.07) is 5.30. The van der Waals surface area contributed by atoms with Crippen molar-refractivity contribution in [2.24, 2.45) is 5.92 Å². The molecule has 0 radical (unpaired) electrons. The van der Waals surface area contributed by atoms with Gasteiger partial charge in [-0.25, -0.2) is 4.98 Å². The van der Waals surface area contributed by atoms with Crippen LogP contribution in [0.2, 0.25) is 0 Å². The number of rotatable bonds is 5. The van der Waals surface area contributed by atoms with Gasteiger partial charge in [0.1, 0.15) is 0 Å². The minimum absolute atomic E-state index is 0.0603. The fourth-order valence-electron chi connectivity index (χ4n) is 3.38. The van der Waals surface area contributed by atoms with Crippen LogP contribution in [0.5, 0.6) is 11.5 Å². The van der Waals surface area contributed by atoms with Crippen LogP contribution >= 0.6 is 11.3 Å². The highest BCUT2D eigenvalue weighted by molar-refractivity contribution is 7.07. The Balaban J connectivity index is 1.29. The molecule has 1 aromatic carbocycles. The lowest BCUT2D eigenvalue weighted by Gasteiger charge is -2.32. The number of hydrogen-bond donors (Lipinski definition) is 1. The molecular weight excluding hydrogens is 338 g/mol. The van der Waals surface area contributed by atoms with Gasteiger partial charge in [-0.05, 0) is 43.5 Å². The van der Waals surface area contributed by atoms with E-state index >= 15 is 0 Å². The number of thiazole rings is 1. The Morgan fingerprint density at radius 2 is 2.28 bits per heavy atom. The Hall–Kier alpha value is -2.12. The molecule has 132 valence electrons. The van der Waals surface area contributed by atoms with E-state index in [9.17, 15) is 4.79 Å². The van der Waals surface area contributed by atoms with Gasteiger partial charge in [-0.1, -0.05) is 0 Å². The molecule has 4 rings (SSSR count). The standard InChI is InChI=1S/C18H21N3O3S/c22-18(14-3-4-16-17(6-14)24-12-23-16)19-7-13-2-1-5-21(8-13)9-15-10-25-11-20-15/h3-4,6,10-11,13H,1-2,5,7-9,12H2,(H,19,22)/t13-/m0/s1. The average Bonchev–Trinajstić information content (AvgIpc) is 3.30. The van der Waals surface area contributed by atoms with E-state index < -0.39 is 0 Å². The molecule has 1 amide bonds. The van der Waals surface area contributed by atoms with Gasteiger partial charge in [-0.2, -0.15) is 0 Å². The van der Waals surface area contributed by atoms with Crippen LogP contribution in [0.15, 0.2) is 29.1 Å². The zero-order valence-electron chi connectivity index (χ0n) is 13.9. The second-order valence-electron chi connectivity index (χ2n) is 6.50. The van der Waals surface area contributed by atoms with Gasteiger partial charge in [0.25, 0.3) is 5.91 Å². The van der Waals surface area contributed by atoms with Crippen LogP contribution in [-0.2, 0) is 6.54 Å². The van der Waals surface area contributed by atoms with Crippen LogP contribution in [-0.4, -0.2) is 42.2 Å². The summed E-state index contributed by atoms with van der Waals surface area (Å²) in [5.41, 5.74) is 3.62. The van der Waals surface area contributed by atoms with Crippen LogP contribution in [0.3, 0.4) is 0 Å². The van der Waals surface area contributed by atoms with Crippen molar-refractivity contribution < 1.29 is 14.3 Å². The number of likely N-dealkylation sites (tertiary alicyclic amines) is 1. The van der Waals surface area contributed by atoms with Crippen LogP contribution in [0.4, 0.5) is 0 Å². The molecule has 3 heterocycles. The minimum atomic E-state index is -0.0603. The van der Waals surface area contributed by atoms with Gasteiger partial charge in [-0.3, -0.25) is 9.69 Å². The first-order chi connectivity index (χ1) is 12.3. The molecule has 1 atom stereocenters. The van der Waals surface area contributed by atoms with Crippen molar-refractivity contribution >= 4 is 17.2 Å². The van der Waals surface area contributed by atoms with Crippen molar-refractivity contribution in [3.63, 3.8) is 0 Å². The van der Waals surface area contributed by atoms with Crippen molar-refractivity contribution in [2.45, 2.75) is 19.4 Å². The predicted octanol–water partition coefficient (Wildman–Crippen LogP) is 2.51. The van der Waals surface area contributed by atoms with E-state index in [1.54, 1.807) is 29.5 Å². The number of carbonyl (C=O) groups is 1. The summed E-state index contributed by atoms with van der Waals surface area (Å²) in [4.78, 5) is 19.2. The molecule has 2 aromatic rings. The Bertz CT molecular complexity index is 735. The lowest BCUT2D eigenvalue weighted by molar-refractivity contribution is 0.0930. The first-order valence-electron chi connectivity index (χ1n) is 8.55. The lowest BCUT2D eigenvalue weighted by Crippen LogP contribution is -2.40. The van der Waals surface area contributed by atoms with Crippen LogP contribution in [0, 0.1) is 5.92 Å². The molecule has 2 aliphatic heterocycles. The fourth-order valence-corrected chi connectivity index (χ4v) is 3.93. The van der Waals surface area contributed by atoms with E-state index in [0.29, 0.717) is 29.5 Å². The maximum atomic E-state index is 12.4. The molecular formula is C18H21N3O3S. The Kier molecular flexibility index (Phi) is 4.85. The third-order valence-corrected chi connectivity index (χ3v) is 5.29. The molecule has 25 heavy (non-hydrogen) atoms. The first kappa shape index (κ1) is 16.4. The third kappa shape index (κ3) is 3.93. The smallest absolute Gasteiger partial charge is 0.251 e. The molecule has 0 saturated carbocycles. The van der Waals surface area contributed by atoms with E-state index in [2.05, 4.69) is 20.6 Å². The zero-order chi connectivity index (χ0) is 17.1. The monoisotopic (exact) mass is 359 g/mol. The van der Waals surface area contributed by atoms with E-state index in [0.717, 1.165) is 38.2 Å². The SMILES string of the molecule is O=C(NC[C@@H]1CCCN(Cc2cscn2)C1)c1ccc2c(c1)OCO2.